The number of nitrogens with one attached hydrogen (secondary N) is 1. The van der Waals surface area contributed by atoms with Crippen molar-refractivity contribution >= 4 is 45.7 Å². The minimum Gasteiger partial charge on any atom is -0.411 e. The first-order valence-electron chi connectivity index (χ1n) is 8.48. The lowest BCUT2D eigenvalue weighted by Gasteiger charge is -1.98. The molecule has 0 saturated heterocycles. The number of amides is 1. The predicted octanol–water partition coefficient (Wildman–Crippen LogP) is 4.71. The molecule has 0 atom stereocenters. The van der Waals surface area contributed by atoms with Crippen molar-refractivity contribution < 1.29 is 9.21 Å². The largest absolute Gasteiger partial charge is 0.411 e. The summed E-state index contributed by atoms with van der Waals surface area (Å²) in [6.07, 6.45) is 4.31. The third kappa shape index (κ3) is 6.02. The van der Waals surface area contributed by atoms with Gasteiger partial charge in [-0.2, -0.15) is 0 Å². The number of benzene rings is 1. The molecule has 3 rings (SSSR count). The van der Waals surface area contributed by atoms with Crippen molar-refractivity contribution in [2.24, 2.45) is 0 Å². The quantitative estimate of drug-likeness (QED) is 0.393. The van der Waals surface area contributed by atoms with Gasteiger partial charge in [-0.15, -0.1) is 20.4 Å². The first kappa shape index (κ1) is 19.8. The van der Waals surface area contributed by atoms with Crippen molar-refractivity contribution in [3.8, 4) is 11.5 Å². The second-order valence-corrected chi connectivity index (χ2v) is 8.10. The van der Waals surface area contributed by atoms with Gasteiger partial charge in [-0.1, -0.05) is 54.5 Å². The SMILES string of the molecule is CCCCCc1nnc(NC(=O)CSc2nnc(-c3ccc(Cl)cc3)o2)s1. The summed E-state index contributed by atoms with van der Waals surface area (Å²) >= 11 is 8.44. The summed E-state index contributed by atoms with van der Waals surface area (Å²) in [5, 5.41) is 21.2. The number of halogens is 1. The van der Waals surface area contributed by atoms with E-state index in [2.05, 4.69) is 32.6 Å². The predicted molar refractivity (Wildman–Crippen MR) is 107 cm³/mol. The van der Waals surface area contributed by atoms with Crippen molar-refractivity contribution in [3.63, 3.8) is 0 Å². The first-order valence-corrected chi connectivity index (χ1v) is 10.7. The minimum atomic E-state index is -0.192. The Balaban J connectivity index is 1.47. The molecule has 0 unspecified atom stereocenters. The van der Waals surface area contributed by atoms with Crippen molar-refractivity contribution in [2.75, 3.05) is 11.1 Å². The monoisotopic (exact) mass is 423 g/mol. The highest BCUT2D eigenvalue weighted by molar-refractivity contribution is 7.99. The lowest BCUT2D eigenvalue weighted by Crippen LogP contribution is -2.13. The van der Waals surface area contributed by atoms with Gasteiger partial charge in [0.1, 0.15) is 5.01 Å². The van der Waals surface area contributed by atoms with E-state index in [4.69, 9.17) is 16.0 Å². The Morgan fingerprint density at radius 1 is 1.19 bits per heavy atom. The Bertz CT molecular complexity index is 882. The molecule has 27 heavy (non-hydrogen) atoms. The van der Waals surface area contributed by atoms with E-state index in [1.54, 1.807) is 24.3 Å². The Morgan fingerprint density at radius 3 is 2.78 bits per heavy atom. The molecule has 0 aliphatic rings. The molecule has 10 heteroatoms. The van der Waals surface area contributed by atoms with Gasteiger partial charge in [-0.3, -0.25) is 10.1 Å². The number of nitrogens with zero attached hydrogens (tertiary/aromatic N) is 4. The Labute approximate surface area is 169 Å². The summed E-state index contributed by atoms with van der Waals surface area (Å²) < 4.78 is 5.56. The number of aryl methyl sites for hydroxylation is 1. The average Bonchev–Trinajstić information content (AvgIpc) is 3.31. The van der Waals surface area contributed by atoms with Gasteiger partial charge < -0.3 is 4.42 Å². The number of rotatable bonds is 9. The summed E-state index contributed by atoms with van der Waals surface area (Å²) in [5.74, 6) is 0.338. The molecule has 0 fully saturated rings. The van der Waals surface area contributed by atoms with Gasteiger partial charge in [0.2, 0.25) is 16.9 Å². The molecule has 2 aromatic heterocycles. The highest BCUT2D eigenvalue weighted by Crippen LogP contribution is 2.24. The summed E-state index contributed by atoms with van der Waals surface area (Å²) in [5.41, 5.74) is 0.771. The van der Waals surface area contributed by atoms with Gasteiger partial charge in [-0.05, 0) is 30.7 Å². The molecule has 3 aromatic rings. The van der Waals surface area contributed by atoms with E-state index in [0.29, 0.717) is 21.3 Å². The highest BCUT2D eigenvalue weighted by Gasteiger charge is 2.13. The van der Waals surface area contributed by atoms with Crippen LogP contribution in [-0.4, -0.2) is 32.1 Å². The summed E-state index contributed by atoms with van der Waals surface area (Å²) in [6.45, 7) is 2.16. The van der Waals surface area contributed by atoms with Gasteiger partial charge in [0.05, 0.1) is 5.75 Å². The third-order valence-corrected chi connectivity index (χ3v) is 5.50. The maximum atomic E-state index is 12.1. The number of carbonyl (C=O) groups excluding carboxylic acids is 1. The molecular formula is C17H18ClN5O2S2. The highest BCUT2D eigenvalue weighted by atomic mass is 35.5. The van der Waals surface area contributed by atoms with Crippen molar-refractivity contribution in [1.29, 1.82) is 0 Å². The van der Waals surface area contributed by atoms with E-state index < -0.39 is 0 Å². The van der Waals surface area contributed by atoms with E-state index in [0.717, 1.165) is 29.8 Å². The number of unbranched alkanes of at least 4 members (excludes halogenated alkanes) is 2. The molecule has 0 radical (unpaired) electrons. The molecule has 0 aliphatic heterocycles. The van der Waals surface area contributed by atoms with Gasteiger partial charge in [0.25, 0.3) is 5.22 Å². The Kier molecular flexibility index (Phi) is 7.19. The van der Waals surface area contributed by atoms with Crippen molar-refractivity contribution in [2.45, 2.75) is 37.8 Å². The standard InChI is InChI=1S/C17H18ClN5O2S2/c1-2-3-4-5-14-20-22-16(27-14)19-13(24)10-26-17-23-21-15(25-17)11-6-8-12(18)9-7-11/h6-9H,2-5,10H2,1H3,(H,19,22,24). The van der Waals surface area contributed by atoms with Crippen LogP contribution in [-0.2, 0) is 11.2 Å². The normalized spacial score (nSPS) is 10.9. The van der Waals surface area contributed by atoms with E-state index in [9.17, 15) is 4.79 Å². The Hall–Kier alpha value is -1.97. The number of anilines is 1. The van der Waals surface area contributed by atoms with Gasteiger partial charge in [-0.25, -0.2) is 0 Å². The summed E-state index contributed by atoms with van der Waals surface area (Å²) in [4.78, 5) is 12.1. The molecule has 1 aromatic carbocycles. The Morgan fingerprint density at radius 2 is 2.00 bits per heavy atom. The zero-order valence-corrected chi connectivity index (χ0v) is 17.0. The lowest BCUT2D eigenvalue weighted by atomic mass is 10.2. The average molecular weight is 424 g/mol. The fraction of sp³-hybridized carbons (Fsp3) is 0.353. The maximum Gasteiger partial charge on any atom is 0.277 e. The van der Waals surface area contributed by atoms with Crippen LogP contribution >= 0.6 is 34.7 Å². The lowest BCUT2D eigenvalue weighted by molar-refractivity contribution is -0.113. The third-order valence-electron chi connectivity index (χ3n) is 3.53. The molecule has 0 aliphatic carbocycles. The number of aromatic nitrogens is 4. The van der Waals surface area contributed by atoms with E-state index in [1.165, 1.54) is 29.5 Å². The molecule has 1 N–H and O–H groups in total. The van der Waals surface area contributed by atoms with Crippen molar-refractivity contribution in [3.05, 3.63) is 34.3 Å². The number of hydrogen-bond donors (Lipinski definition) is 1. The molecule has 0 spiro atoms. The fourth-order valence-electron chi connectivity index (χ4n) is 2.19. The van der Waals surface area contributed by atoms with Crippen LogP contribution in [0.1, 0.15) is 31.2 Å². The number of carbonyl (C=O) groups is 1. The van der Waals surface area contributed by atoms with Crippen LogP contribution in [0.4, 0.5) is 5.13 Å². The van der Waals surface area contributed by atoms with Crippen LogP contribution in [0.25, 0.3) is 11.5 Å². The first-order chi connectivity index (χ1) is 13.1. The molecule has 2 heterocycles. The van der Waals surface area contributed by atoms with Crippen LogP contribution in [0.5, 0.6) is 0 Å². The van der Waals surface area contributed by atoms with Crippen LogP contribution in [0.15, 0.2) is 33.9 Å². The van der Waals surface area contributed by atoms with E-state index in [-0.39, 0.29) is 11.7 Å². The molecule has 7 nitrogen and oxygen atoms in total. The summed E-state index contributed by atoms with van der Waals surface area (Å²) in [7, 11) is 0. The van der Waals surface area contributed by atoms with Crippen LogP contribution in [0, 0.1) is 0 Å². The van der Waals surface area contributed by atoms with E-state index in [1.807, 2.05) is 0 Å². The van der Waals surface area contributed by atoms with Crippen molar-refractivity contribution in [1.82, 2.24) is 20.4 Å². The zero-order valence-electron chi connectivity index (χ0n) is 14.6. The topological polar surface area (TPSA) is 93.8 Å². The fourth-order valence-corrected chi connectivity index (χ4v) is 3.68. The second kappa shape index (κ2) is 9.82. The molecular weight excluding hydrogens is 406 g/mol. The molecule has 0 saturated carbocycles. The van der Waals surface area contributed by atoms with Crippen LogP contribution < -0.4 is 5.32 Å². The molecule has 1 amide bonds. The zero-order chi connectivity index (χ0) is 19.1. The van der Waals surface area contributed by atoms with Crippen LogP contribution in [0.2, 0.25) is 5.02 Å². The van der Waals surface area contributed by atoms with Gasteiger partial charge >= 0.3 is 0 Å². The second-order valence-electron chi connectivity index (χ2n) is 5.67. The summed E-state index contributed by atoms with van der Waals surface area (Å²) in [6, 6.07) is 7.09. The molecule has 142 valence electrons. The van der Waals surface area contributed by atoms with E-state index >= 15 is 0 Å². The van der Waals surface area contributed by atoms with Gasteiger partial charge in [0.15, 0.2) is 0 Å². The minimum absolute atomic E-state index is 0.146. The number of thioether (sulfide) groups is 1. The van der Waals surface area contributed by atoms with Gasteiger partial charge in [0, 0.05) is 17.0 Å². The smallest absolute Gasteiger partial charge is 0.277 e. The van der Waals surface area contributed by atoms with Crippen LogP contribution in [0.3, 0.4) is 0 Å². The molecule has 0 bridgehead atoms. The maximum absolute atomic E-state index is 12.1. The number of hydrogen-bond acceptors (Lipinski definition) is 8.